The Bertz CT molecular complexity index is 554. The van der Waals surface area contributed by atoms with Gasteiger partial charge in [-0.3, -0.25) is 0 Å². The van der Waals surface area contributed by atoms with E-state index < -0.39 is 0 Å². The van der Waals surface area contributed by atoms with Gasteiger partial charge in [0.1, 0.15) is 0 Å². The van der Waals surface area contributed by atoms with Gasteiger partial charge in [0.25, 0.3) is 0 Å². The summed E-state index contributed by atoms with van der Waals surface area (Å²) in [6.07, 6.45) is 41.1. The molecule has 0 aliphatic heterocycles. The molecule has 0 radical (unpaired) electrons. The fourth-order valence-corrected chi connectivity index (χ4v) is 5.99. The van der Waals surface area contributed by atoms with Crippen LogP contribution in [-0.2, 0) is 19.3 Å². The number of hydrogen-bond acceptors (Lipinski definition) is 0. The minimum Gasteiger partial charge on any atom is -0.0654 e. The maximum atomic E-state index is 2.56. The molecule has 0 saturated heterocycles. The molecule has 0 aliphatic carbocycles. The van der Waals surface area contributed by atoms with Crippen molar-refractivity contribution in [2.24, 2.45) is 0 Å². The predicted octanol–water partition coefficient (Wildman–Crippen LogP) is 13.5. The molecule has 0 spiro atoms. The molecule has 0 unspecified atom stereocenters. The zero-order valence-electron chi connectivity index (χ0n) is 26.7. The van der Waals surface area contributed by atoms with Gasteiger partial charge in [0, 0.05) is 0 Å². The molecule has 1 aromatic rings. The smallest absolute Gasteiger partial charge is 0.0279 e. The lowest BCUT2D eigenvalue weighted by Gasteiger charge is -2.11. The standard InChI is InChI=1S/C38H70/c1-4-7-10-12-14-16-18-20-22-24-26-28-31-37-33-36(30-9-6-3)34-38(35-37)32-29-27-25-23-21-19-17-15-13-11-8-5-2/h33-35H,4-32H2,1-3H3. The normalized spacial score (nSPS) is 11.4. The molecule has 0 heterocycles. The molecule has 0 heteroatoms. The molecular formula is C38H70. The van der Waals surface area contributed by atoms with Crippen LogP contribution in [0.2, 0.25) is 0 Å². The van der Waals surface area contributed by atoms with E-state index in [0.29, 0.717) is 0 Å². The van der Waals surface area contributed by atoms with Gasteiger partial charge in [0.15, 0.2) is 0 Å². The van der Waals surface area contributed by atoms with Crippen molar-refractivity contribution in [3.8, 4) is 0 Å². The monoisotopic (exact) mass is 527 g/mol. The van der Waals surface area contributed by atoms with E-state index >= 15 is 0 Å². The molecule has 0 aromatic heterocycles. The quantitative estimate of drug-likeness (QED) is 0.0910. The second-order valence-electron chi connectivity index (χ2n) is 12.5. The summed E-state index contributed by atoms with van der Waals surface area (Å²) in [7, 11) is 0. The Kier molecular flexibility index (Phi) is 25.8. The Hall–Kier alpha value is -0.780. The van der Waals surface area contributed by atoms with Gasteiger partial charge in [0.05, 0.1) is 0 Å². The van der Waals surface area contributed by atoms with Crippen molar-refractivity contribution in [2.45, 2.75) is 207 Å². The average Bonchev–Trinajstić information content (AvgIpc) is 2.93. The summed E-state index contributed by atoms with van der Waals surface area (Å²) in [4.78, 5) is 0. The summed E-state index contributed by atoms with van der Waals surface area (Å²) in [5.41, 5.74) is 4.86. The number of aryl methyl sites for hydroxylation is 3. The van der Waals surface area contributed by atoms with Crippen molar-refractivity contribution in [1.29, 1.82) is 0 Å². The van der Waals surface area contributed by atoms with Crippen LogP contribution in [0.15, 0.2) is 18.2 Å². The fourth-order valence-electron chi connectivity index (χ4n) is 5.99. The second kappa shape index (κ2) is 27.8. The van der Waals surface area contributed by atoms with Crippen molar-refractivity contribution in [2.75, 3.05) is 0 Å². The first kappa shape index (κ1) is 35.2. The van der Waals surface area contributed by atoms with Gasteiger partial charge in [-0.15, -0.1) is 0 Å². The minimum absolute atomic E-state index is 1.27. The summed E-state index contributed by atoms with van der Waals surface area (Å²) in [5.74, 6) is 0. The first-order chi connectivity index (χ1) is 18.8. The van der Waals surface area contributed by atoms with Gasteiger partial charge in [-0.2, -0.15) is 0 Å². The van der Waals surface area contributed by atoms with E-state index in [9.17, 15) is 0 Å². The van der Waals surface area contributed by atoms with Gasteiger partial charge in [0.2, 0.25) is 0 Å². The SMILES string of the molecule is CCCCCCCCCCCCCCc1cc(CCCC)cc(CCCCCCCCCCCCCC)c1. The van der Waals surface area contributed by atoms with E-state index in [-0.39, 0.29) is 0 Å². The molecule has 1 aromatic carbocycles. The van der Waals surface area contributed by atoms with Gasteiger partial charge >= 0.3 is 0 Å². The number of hydrogen-bond donors (Lipinski definition) is 0. The second-order valence-corrected chi connectivity index (χ2v) is 12.5. The topological polar surface area (TPSA) is 0 Å². The van der Waals surface area contributed by atoms with Crippen LogP contribution in [0, 0.1) is 0 Å². The highest BCUT2D eigenvalue weighted by molar-refractivity contribution is 5.30. The van der Waals surface area contributed by atoms with Gasteiger partial charge < -0.3 is 0 Å². The van der Waals surface area contributed by atoms with Crippen molar-refractivity contribution in [3.63, 3.8) is 0 Å². The third kappa shape index (κ3) is 22.1. The maximum absolute atomic E-state index is 2.56. The molecular weight excluding hydrogens is 456 g/mol. The first-order valence-corrected chi connectivity index (χ1v) is 17.9. The van der Waals surface area contributed by atoms with E-state index in [4.69, 9.17) is 0 Å². The molecule has 0 atom stereocenters. The van der Waals surface area contributed by atoms with Crippen molar-refractivity contribution < 1.29 is 0 Å². The Morgan fingerprint density at radius 1 is 0.263 bits per heavy atom. The van der Waals surface area contributed by atoms with Crippen molar-refractivity contribution >= 4 is 0 Å². The summed E-state index contributed by atoms with van der Waals surface area (Å²) < 4.78 is 0. The molecule has 0 N–H and O–H groups in total. The van der Waals surface area contributed by atoms with Crippen LogP contribution in [0.3, 0.4) is 0 Å². The molecule has 38 heavy (non-hydrogen) atoms. The van der Waals surface area contributed by atoms with E-state index in [0.717, 1.165) is 0 Å². The molecule has 0 nitrogen and oxygen atoms in total. The van der Waals surface area contributed by atoms with Crippen LogP contribution in [0.1, 0.15) is 204 Å². The summed E-state index contributed by atoms with van der Waals surface area (Å²) >= 11 is 0. The van der Waals surface area contributed by atoms with Crippen LogP contribution in [-0.4, -0.2) is 0 Å². The molecule has 0 aliphatic rings. The lowest BCUT2D eigenvalue weighted by molar-refractivity contribution is 0.543. The van der Waals surface area contributed by atoms with E-state index in [1.807, 2.05) is 0 Å². The fraction of sp³-hybridized carbons (Fsp3) is 0.842. The van der Waals surface area contributed by atoms with Crippen molar-refractivity contribution in [1.82, 2.24) is 0 Å². The van der Waals surface area contributed by atoms with Crippen LogP contribution < -0.4 is 0 Å². The highest BCUT2D eigenvalue weighted by Crippen LogP contribution is 2.19. The lowest BCUT2D eigenvalue weighted by Crippen LogP contribution is -1.96. The average molecular weight is 527 g/mol. The van der Waals surface area contributed by atoms with Gasteiger partial charge in [-0.05, 0) is 55.2 Å². The zero-order chi connectivity index (χ0) is 27.4. The first-order valence-electron chi connectivity index (χ1n) is 17.9. The zero-order valence-corrected chi connectivity index (χ0v) is 26.7. The van der Waals surface area contributed by atoms with Crippen LogP contribution in [0.4, 0.5) is 0 Å². The molecule has 0 amide bonds. The molecule has 0 saturated carbocycles. The predicted molar refractivity (Wildman–Crippen MR) is 175 cm³/mol. The largest absolute Gasteiger partial charge is 0.0654 e. The number of rotatable bonds is 29. The van der Waals surface area contributed by atoms with Crippen LogP contribution in [0.5, 0.6) is 0 Å². The van der Waals surface area contributed by atoms with Crippen molar-refractivity contribution in [3.05, 3.63) is 34.9 Å². The Morgan fingerprint density at radius 2 is 0.474 bits per heavy atom. The summed E-state index contributed by atoms with van der Waals surface area (Å²) in [5, 5.41) is 0. The van der Waals surface area contributed by atoms with E-state index in [1.54, 1.807) is 16.7 Å². The van der Waals surface area contributed by atoms with Crippen LogP contribution in [0.25, 0.3) is 0 Å². The Morgan fingerprint density at radius 3 is 0.737 bits per heavy atom. The van der Waals surface area contributed by atoms with E-state index in [1.165, 1.54) is 186 Å². The lowest BCUT2D eigenvalue weighted by atomic mass is 9.95. The Labute approximate surface area is 241 Å². The third-order valence-electron chi connectivity index (χ3n) is 8.57. The molecule has 1 rings (SSSR count). The van der Waals surface area contributed by atoms with Gasteiger partial charge in [-0.1, -0.05) is 187 Å². The molecule has 222 valence electrons. The summed E-state index contributed by atoms with van der Waals surface area (Å²) in [6.45, 7) is 6.94. The molecule has 0 bridgehead atoms. The number of benzene rings is 1. The Balaban J connectivity index is 2.17. The molecule has 0 fully saturated rings. The highest BCUT2D eigenvalue weighted by Gasteiger charge is 2.03. The summed E-state index contributed by atoms with van der Waals surface area (Å²) in [6, 6.07) is 7.65. The third-order valence-corrected chi connectivity index (χ3v) is 8.57. The van der Waals surface area contributed by atoms with Crippen LogP contribution >= 0.6 is 0 Å². The van der Waals surface area contributed by atoms with E-state index in [2.05, 4.69) is 39.0 Å². The number of unbranched alkanes of at least 4 members (excludes halogenated alkanes) is 23. The van der Waals surface area contributed by atoms with Gasteiger partial charge in [-0.25, -0.2) is 0 Å². The minimum atomic E-state index is 1.27. The highest BCUT2D eigenvalue weighted by atomic mass is 14.1. The maximum Gasteiger partial charge on any atom is -0.0279 e.